The highest BCUT2D eigenvalue weighted by atomic mass is 16.5. The topological polar surface area (TPSA) is 115 Å². The van der Waals surface area contributed by atoms with Crippen LogP contribution in [-0.4, -0.2) is 40.4 Å². The Kier molecular flexibility index (Phi) is 3.52. The van der Waals surface area contributed by atoms with Gasteiger partial charge in [0.1, 0.15) is 0 Å². The Labute approximate surface area is 142 Å². The van der Waals surface area contributed by atoms with Gasteiger partial charge >= 0.3 is 0 Å². The lowest BCUT2D eigenvalue weighted by Gasteiger charge is -2.16. The van der Waals surface area contributed by atoms with Crippen molar-refractivity contribution in [1.82, 2.24) is 15.0 Å². The maximum atomic E-state index is 12.9. The van der Waals surface area contributed by atoms with Crippen LogP contribution in [0.2, 0.25) is 0 Å². The Morgan fingerprint density at radius 3 is 2.84 bits per heavy atom. The number of carbonyl (C=O) groups excluding carboxylic acids is 2. The number of rotatable bonds is 5. The van der Waals surface area contributed by atoms with Crippen molar-refractivity contribution in [2.24, 2.45) is 5.73 Å². The number of likely N-dealkylation sites (N-methyl/N-ethyl adjacent to an activating group) is 1. The van der Waals surface area contributed by atoms with Crippen LogP contribution in [0.3, 0.4) is 0 Å². The fraction of sp³-hybridized carbons (Fsp3) is 0.294. The van der Waals surface area contributed by atoms with Crippen LogP contribution in [-0.2, 0) is 4.79 Å². The van der Waals surface area contributed by atoms with Crippen LogP contribution in [0.1, 0.15) is 34.8 Å². The molecule has 2 N–H and O–H groups in total. The van der Waals surface area contributed by atoms with E-state index in [4.69, 9.17) is 14.7 Å². The molecule has 128 valence electrons. The van der Waals surface area contributed by atoms with Crippen molar-refractivity contribution in [3.63, 3.8) is 0 Å². The van der Waals surface area contributed by atoms with Crippen molar-refractivity contribution in [2.75, 3.05) is 13.6 Å². The minimum absolute atomic E-state index is 0.178. The maximum absolute atomic E-state index is 12.9. The van der Waals surface area contributed by atoms with Crippen LogP contribution < -0.4 is 5.73 Å². The quantitative estimate of drug-likeness (QED) is 0.758. The Hall–Kier alpha value is -3.16. The van der Waals surface area contributed by atoms with Gasteiger partial charge in [0.15, 0.2) is 11.5 Å². The summed E-state index contributed by atoms with van der Waals surface area (Å²) < 4.78 is 10.7. The number of hydrogen-bond acceptors (Lipinski definition) is 6. The van der Waals surface area contributed by atoms with Gasteiger partial charge in [0.2, 0.25) is 5.91 Å². The Morgan fingerprint density at radius 1 is 1.40 bits per heavy atom. The fourth-order valence-electron chi connectivity index (χ4n) is 2.82. The number of amides is 2. The second-order valence-corrected chi connectivity index (χ2v) is 6.19. The van der Waals surface area contributed by atoms with Crippen molar-refractivity contribution >= 4 is 22.9 Å². The number of aromatic nitrogens is 2. The van der Waals surface area contributed by atoms with E-state index in [2.05, 4.69) is 10.1 Å². The molecule has 4 rings (SSSR count). The number of nitrogens with zero attached hydrogens (tertiary/aromatic N) is 3. The SMILES string of the molecule is CN(CC(N)=O)C(=O)c1cc(C2CC2)nc2onc(-c3ccco3)c12. The van der Waals surface area contributed by atoms with E-state index in [0.29, 0.717) is 28.3 Å². The molecular formula is C17H16N4O4. The lowest BCUT2D eigenvalue weighted by Crippen LogP contribution is -2.35. The molecule has 0 radical (unpaired) electrons. The van der Waals surface area contributed by atoms with Gasteiger partial charge < -0.3 is 19.6 Å². The second-order valence-electron chi connectivity index (χ2n) is 6.19. The van der Waals surface area contributed by atoms with Gasteiger partial charge in [-0.15, -0.1) is 0 Å². The summed E-state index contributed by atoms with van der Waals surface area (Å²) in [6.07, 6.45) is 3.58. The molecule has 0 spiro atoms. The minimum atomic E-state index is -0.583. The predicted octanol–water partition coefficient (Wildman–Crippen LogP) is 1.92. The lowest BCUT2D eigenvalue weighted by atomic mass is 10.1. The molecule has 3 aromatic heterocycles. The number of hydrogen-bond donors (Lipinski definition) is 1. The zero-order valence-electron chi connectivity index (χ0n) is 13.6. The third-order valence-electron chi connectivity index (χ3n) is 4.19. The maximum Gasteiger partial charge on any atom is 0.259 e. The molecular weight excluding hydrogens is 324 g/mol. The summed E-state index contributed by atoms with van der Waals surface area (Å²) >= 11 is 0. The van der Waals surface area contributed by atoms with Crippen molar-refractivity contribution in [3.8, 4) is 11.5 Å². The van der Waals surface area contributed by atoms with Gasteiger partial charge in [0, 0.05) is 18.7 Å². The number of nitrogens with two attached hydrogens (primary N) is 1. The van der Waals surface area contributed by atoms with Crippen LogP contribution >= 0.6 is 0 Å². The highest BCUT2D eigenvalue weighted by Crippen LogP contribution is 2.41. The van der Waals surface area contributed by atoms with E-state index >= 15 is 0 Å². The smallest absolute Gasteiger partial charge is 0.259 e. The summed E-state index contributed by atoms with van der Waals surface area (Å²) in [7, 11) is 1.52. The third-order valence-corrected chi connectivity index (χ3v) is 4.19. The largest absolute Gasteiger partial charge is 0.463 e. The average Bonchev–Trinajstić information content (AvgIpc) is 3.12. The molecule has 1 saturated carbocycles. The Morgan fingerprint density at radius 2 is 2.20 bits per heavy atom. The Bertz CT molecular complexity index is 957. The van der Waals surface area contributed by atoms with Gasteiger partial charge in [-0.2, -0.15) is 0 Å². The monoisotopic (exact) mass is 340 g/mol. The van der Waals surface area contributed by atoms with E-state index in [0.717, 1.165) is 18.5 Å². The van der Waals surface area contributed by atoms with Gasteiger partial charge in [0.25, 0.3) is 11.6 Å². The predicted molar refractivity (Wildman–Crippen MR) is 87.6 cm³/mol. The van der Waals surface area contributed by atoms with Gasteiger partial charge in [-0.05, 0) is 31.0 Å². The summed E-state index contributed by atoms with van der Waals surface area (Å²) in [6, 6.07) is 5.21. The molecule has 1 aliphatic rings. The number of primary amides is 1. The molecule has 3 heterocycles. The van der Waals surface area contributed by atoms with Crippen molar-refractivity contribution in [1.29, 1.82) is 0 Å². The van der Waals surface area contributed by atoms with Crippen molar-refractivity contribution in [2.45, 2.75) is 18.8 Å². The number of pyridine rings is 1. The summed E-state index contributed by atoms with van der Waals surface area (Å²) in [4.78, 5) is 29.8. The van der Waals surface area contributed by atoms with Gasteiger partial charge in [-0.1, -0.05) is 5.16 Å². The summed E-state index contributed by atoms with van der Waals surface area (Å²) in [6.45, 7) is -0.178. The zero-order chi connectivity index (χ0) is 17.6. The van der Waals surface area contributed by atoms with E-state index in [1.54, 1.807) is 18.2 Å². The second kappa shape index (κ2) is 5.73. The number of carbonyl (C=O) groups is 2. The number of furan rings is 1. The van der Waals surface area contributed by atoms with E-state index in [9.17, 15) is 9.59 Å². The molecule has 3 aromatic rings. The summed E-state index contributed by atoms with van der Waals surface area (Å²) in [5.74, 6) is -0.120. The van der Waals surface area contributed by atoms with E-state index in [-0.39, 0.29) is 18.2 Å². The molecule has 2 amide bonds. The Balaban J connectivity index is 1.88. The molecule has 8 heteroatoms. The van der Waals surface area contributed by atoms with E-state index in [1.807, 2.05) is 0 Å². The van der Waals surface area contributed by atoms with Gasteiger partial charge in [-0.3, -0.25) is 9.59 Å². The standard InChI is InChI=1S/C17H16N4O4/c1-21(8-13(18)22)17(23)10-7-11(9-4-5-9)19-16-14(10)15(20-25-16)12-3-2-6-24-12/h2-3,6-7,9H,4-5,8H2,1H3,(H2,18,22). The van der Waals surface area contributed by atoms with Crippen molar-refractivity contribution in [3.05, 3.63) is 35.7 Å². The molecule has 0 aliphatic heterocycles. The summed E-state index contributed by atoms with van der Waals surface area (Å²) in [5.41, 5.74) is 7.07. The van der Waals surface area contributed by atoms with E-state index in [1.165, 1.54) is 18.2 Å². The molecule has 0 unspecified atom stereocenters. The number of fused-ring (bicyclic) bond motifs is 1. The first kappa shape index (κ1) is 15.4. The van der Waals surface area contributed by atoms with Crippen LogP contribution in [0.15, 0.2) is 33.4 Å². The van der Waals surface area contributed by atoms with Crippen LogP contribution in [0.5, 0.6) is 0 Å². The van der Waals surface area contributed by atoms with Crippen LogP contribution in [0.25, 0.3) is 22.6 Å². The molecule has 0 saturated heterocycles. The first-order valence-electron chi connectivity index (χ1n) is 7.92. The minimum Gasteiger partial charge on any atom is -0.463 e. The molecule has 0 atom stereocenters. The molecule has 0 aromatic carbocycles. The first-order valence-corrected chi connectivity index (χ1v) is 7.92. The molecule has 25 heavy (non-hydrogen) atoms. The highest BCUT2D eigenvalue weighted by molar-refractivity contribution is 6.09. The fourth-order valence-corrected chi connectivity index (χ4v) is 2.82. The average molecular weight is 340 g/mol. The zero-order valence-corrected chi connectivity index (χ0v) is 13.6. The third kappa shape index (κ3) is 2.75. The molecule has 1 aliphatic carbocycles. The van der Waals surface area contributed by atoms with Gasteiger partial charge in [-0.25, -0.2) is 4.98 Å². The van der Waals surface area contributed by atoms with Crippen molar-refractivity contribution < 1.29 is 18.5 Å². The lowest BCUT2D eigenvalue weighted by molar-refractivity contribution is -0.118. The van der Waals surface area contributed by atoms with Gasteiger partial charge in [0.05, 0.1) is 23.8 Å². The first-order chi connectivity index (χ1) is 12.0. The summed E-state index contributed by atoms with van der Waals surface area (Å²) in [5, 5.41) is 4.50. The van der Waals surface area contributed by atoms with E-state index < -0.39 is 5.91 Å². The highest BCUT2D eigenvalue weighted by Gasteiger charge is 2.30. The van der Waals surface area contributed by atoms with Crippen LogP contribution in [0, 0.1) is 0 Å². The molecule has 0 bridgehead atoms. The van der Waals surface area contributed by atoms with Crippen LogP contribution in [0.4, 0.5) is 0 Å². The molecule has 1 fully saturated rings. The normalized spacial score (nSPS) is 14.0. The molecule has 8 nitrogen and oxygen atoms in total.